The van der Waals surface area contributed by atoms with Crippen LogP contribution in [0.3, 0.4) is 0 Å². The van der Waals surface area contributed by atoms with E-state index in [9.17, 15) is 14.9 Å². The second-order valence-corrected chi connectivity index (χ2v) is 4.52. The summed E-state index contributed by atoms with van der Waals surface area (Å²) >= 11 is 0. The van der Waals surface area contributed by atoms with Crippen molar-refractivity contribution in [1.82, 2.24) is 4.57 Å². The lowest BCUT2D eigenvalue weighted by molar-refractivity contribution is -0.384. The number of nitro groups is 1. The Balaban J connectivity index is 2.04. The zero-order chi connectivity index (χ0) is 15.0. The van der Waals surface area contributed by atoms with E-state index >= 15 is 0 Å². The van der Waals surface area contributed by atoms with Gasteiger partial charge in [0.25, 0.3) is 5.69 Å². The average Bonchev–Trinajstić information content (AvgIpc) is 3.06. The molecule has 0 saturated carbocycles. The summed E-state index contributed by atoms with van der Waals surface area (Å²) in [5, 5.41) is 20.7. The number of aromatic carboxylic acids is 1. The minimum absolute atomic E-state index is 0.00639. The number of rotatable bonds is 4. The first-order valence-electron chi connectivity index (χ1n) is 6.09. The SMILES string of the molecule is O=C(O)c1occc1Cn1ccc2ccc([N+](=O)[O-])cc21. The van der Waals surface area contributed by atoms with Gasteiger partial charge in [0.15, 0.2) is 0 Å². The van der Waals surface area contributed by atoms with Crippen molar-refractivity contribution in [2.75, 3.05) is 0 Å². The standard InChI is InChI=1S/C14H10N2O5/c17-14(18)13-10(4-6-21-13)8-15-5-3-9-1-2-11(16(19)20)7-12(9)15/h1-7H,8H2,(H,17,18). The number of carboxylic acid groups (broad SMARTS) is 1. The van der Waals surface area contributed by atoms with Crippen molar-refractivity contribution in [1.29, 1.82) is 0 Å². The fraction of sp³-hybridized carbons (Fsp3) is 0.0714. The molecule has 2 aromatic heterocycles. The molecule has 21 heavy (non-hydrogen) atoms. The molecule has 7 heteroatoms. The summed E-state index contributed by atoms with van der Waals surface area (Å²) in [6.07, 6.45) is 3.07. The van der Waals surface area contributed by atoms with Gasteiger partial charge in [-0.3, -0.25) is 10.1 Å². The molecule has 2 heterocycles. The summed E-state index contributed by atoms with van der Waals surface area (Å²) in [5.74, 6) is -1.26. The minimum Gasteiger partial charge on any atom is -0.475 e. The smallest absolute Gasteiger partial charge is 0.372 e. The molecule has 3 rings (SSSR count). The molecule has 0 aliphatic carbocycles. The van der Waals surface area contributed by atoms with Crippen LogP contribution in [0.2, 0.25) is 0 Å². The number of furan rings is 1. The normalized spacial score (nSPS) is 10.9. The molecule has 0 bridgehead atoms. The molecular formula is C14H10N2O5. The highest BCUT2D eigenvalue weighted by atomic mass is 16.6. The second kappa shape index (κ2) is 4.78. The molecule has 0 atom stereocenters. The number of hydrogen-bond donors (Lipinski definition) is 1. The van der Waals surface area contributed by atoms with Crippen molar-refractivity contribution >= 4 is 22.6 Å². The van der Waals surface area contributed by atoms with Gasteiger partial charge < -0.3 is 14.1 Å². The maximum absolute atomic E-state index is 11.0. The number of carbonyl (C=O) groups is 1. The van der Waals surface area contributed by atoms with Gasteiger partial charge in [-0.2, -0.15) is 0 Å². The van der Waals surface area contributed by atoms with E-state index in [0.29, 0.717) is 11.1 Å². The number of fused-ring (bicyclic) bond motifs is 1. The van der Waals surface area contributed by atoms with Crippen LogP contribution in [0.5, 0.6) is 0 Å². The first-order valence-corrected chi connectivity index (χ1v) is 6.09. The van der Waals surface area contributed by atoms with E-state index in [1.54, 1.807) is 22.9 Å². The quantitative estimate of drug-likeness (QED) is 0.587. The third-order valence-electron chi connectivity index (χ3n) is 3.25. The van der Waals surface area contributed by atoms with E-state index in [-0.39, 0.29) is 18.0 Å². The molecule has 7 nitrogen and oxygen atoms in total. The van der Waals surface area contributed by atoms with Crippen molar-refractivity contribution in [3.8, 4) is 0 Å². The number of carboxylic acids is 1. The first-order chi connectivity index (χ1) is 10.1. The topological polar surface area (TPSA) is 98.5 Å². The maximum Gasteiger partial charge on any atom is 0.372 e. The average molecular weight is 286 g/mol. The highest BCUT2D eigenvalue weighted by Crippen LogP contribution is 2.23. The third-order valence-corrected chi connectivity index (χ3v) is 3.25. The van der Waals surface area contributed by atoms with Crippen molar-refractivity contribution in [3.63, 3.8) is 0 Å². The summed E-state index contributed by atoms with van der Waals surface area (Å²) in [7, 11) is 0. The molecular weight excluding hydrogens is 276 g/mol. The van der Waals surface area contributed by atoms with Crippen LogP contribution < -0.4 is 0 Å². The third kappa shape index (κ3) is 2.25. The number of aromatic nitrogens is 1. The minimum atomic E-state index is -1.14. The van der Waals surface area contributed by atoms with E-state index in [1.807, 2.05) is 6.07 Å². The predicted octanol–water partition coefficient (Wildman–Crippen LogP) is 2.89. The molecule has 1 aromatic carbocycles. The van der Waals surface area contributed by atoms with Gasteiger partial charge in [-0.15, -0.1) is 0 Å². The predicted molar refractivity (Wildman–Crippen MR) is 73.4 cm³/mol. The van der Waals surface area contributed by atoms with Gasteiger partial charge in [0.2, 0.25) is 5.76 Å². The van der Waals surface area contributed by atoms with E-state index in [2.05, 4.69) is 0 Å². The van der Waals surface area contributed by atoms with Crippen LogP contribution in [0.15, 0.2) is 47.2 Å². The first kappa shape index (κ1) is 12.9. The lowest BCUT2D eigenvalue weighted by Gasteiger charge is -2.04. The molecule has 3 aromatic rings. The van der Waals surface area contributed by atoms with Gasteiger partial charge in [-0.05, 0) is 18.2 Å². The van der Waals surface area contributed by atoms with E-state index in [4.69, 9.17) is 9.52 Å². The largest absolute Gasteiger partial charge is 0.475 e. The van der Waals surface area contributed by atoms with E-state index in [1.165, 1.54) is 18.4 Å². The molecule has 1 N–H and O–H groups in total. The summed E-state index contributed by atoms with van der Waals surface area (Å²) in [5.41, 5.74) is 1.17. The second-order valence-electron chi connectivity index (χ2n) is 4.52. The Morgan fingerprint density at radius 1 is 1.33 bits per heavy atom. The van der Waals surface area contributed by atoms with Gasteiger partial charge in [0.05, 0.1) is 23.2 Å². The summed E-state index contributed by atoms with van der Waals surface area (Å²) in [6, 6.07) is 7.97. The Hall–Kier alpha value is -3.09. The number of nitro benzene ring substituents is 1. The lowest BCUT2D eigenvalue weighted by Crippen LogP contribution is -2.04. The summed E-state index contributed by atoms with van der Waals surface area (Å²) in [6.45, 7) is 0.267. The van der Waals surface area contributed by atoms with Crippen LogP contribution in [0.1, 0.15) is 16.1 Å². The Bertz CT molecular complexity index is 846. The maximum atomic E-state index is 11.0. The van der Waals surface area contributed by atoms with Gasteiger partial charge in [-0.1, -0.05) is 0 Å². The molecule has 0 spiro atoms. The fourth-order valence-electron chi connectivity index (χ4n) is 2.26. The van der Waals surface area contributed by atoms with Crippen molar-refractivity contribution in [3.05, 3.63) is 64.2 Å². The summed E-state index contributed by atoms with van der Waals surface area (Å²) in [4.78, 5) is 21.4. The molecule has 0 amide bonds. The fourth-order valence-corrected chi connectivity index (χ4v) is 2.26. The van der Waals surface area contributed by atoms with Gasteiger partial charge in [-0.25, -0.2) is 4.79 Å². The number of hydrogen-bond acceptors (Lipinski definition) is 4. The van der Waals surface area contributed by atoms with Crippen LogP contribution in [0.4, 0.5) is 5.69 Å². The Labute approximate surface area is 118 Å². The molecule has 0 saturated heterocycles. The Morgan fingerprint density at radius 2 is 2.14 bits per heavy atom. The summed E-state index contributed by atoms with van der Waals surface area (Å²) < 4.78 is 6.68. The molecule has 0 aliphatic rings. The van der Waals surface area contributed by atoms with Crippen molar-refractivity contribution in [2.45, 2.75) is 6.54 Å². The Kier molecular flexibility index (Phi) is 2.94. The lowest BCUT2D eigenvalue weighted by atomic mass is 10.2. The Morgan fingerprint density at radius 3 is 2.86 bits per heavy atom. The van der Waals surface area contributed by atoms with Crippen LogP contribution in [-0.4, -0.2) is 20.6 Å². The number of nitrogens with zero attached hydrogens (tertiary/aromatic N) is 2. The molecule has 0 aliphatic heterocycles. The number of benzene rings is 1. The molecule has 0 unspecified atom stereocenters. The monoisotopic (exact) mass is 286 g/mol. The van der Waals surface area contributed by atoms with Crippen LogP contribution in [-0.2, 0) is 6.54 Å². The zero-order valence-corrected chi connectivity index (χ0v) is 10.7. The van der Waals surface area contributed by atoms with Crippen LogP contribution in [0.25, 0.3) is 10.9 Å². The van der Waals surface area contributed by atoms with Gasteiger partial charge >= 0.3 is 5.97 Å². The van der Waals surface area contributed by atoms with Crippen molar-refractivity contribution in [2.24, 2.45) is 0 Å². The number of non-ortho nitro benzene ring substituents is 1. The van der Waals surface area contributed by atoms with Crippen molar-refractivity contribution < 1.29 is 19.2 Å². The zero-order valence-electron chi connectivity index (χ0n) is 10.7. The molecule has 0 fully saturated rings. The molecule has 106 valence electrons. The highest BCUT2D eigenvalue weighted by Gasteiger charge is 2.15. The van der Waals surface area contributed by atoms with Gasteiger partial charge in [0, 0.05) is 29.3 Å². The van der Waals surface area contributed by atoms with Crippen LogP contribution >= 0.6 is 0 Å². The van der Waals surface area contributed by atoms with Gasteiger partial charge in [0.1, 0.15) is 0 Å². The van der Waals surface area contributed by atoms with E-state index in [0.717, 1.165) is 5.39 Å². The highest BCUT2D eigenvalue weighted by molar-refractivity contribution is 5.86. The van der Waals surface area contributed by atoms with E-state index < -0.39 is 10.9 Å². The molecule has 0 radical (unpaired) electrons. The van der Waals surface area contributed by atoms with Crippen LogP contribution in [0, 0.1) is 10.1 Å².